The van der Waals surface area contributed by atoms with Crippen LogP contribution in [-0.4, -0.2) is 20.1 Å². The van der Waals surface area contributed by atoms with Crippen molar-refractivity contribution in [3.05, 3.63) is 34.3 Å². The van der Waals surface area contributed by atoms with E-state index in [2.05, 4.69) is 50.8 Å². The second-order valence-electron chi connectivity index (χ2n) is 3.30. The molecule has 1 aliphatic heterocycles. The van der Waals surface area contributed by atoms with Gasteiger partial charge in [0.2, 0.25) is 0 Å². The standard InChI is InChI=1S/C11H13BrN2/c1-13-11-3-2-9(12)6-10(11)8-4-5-14-7-8/h2-4,6,13-14H,5,7H2,1H3. The van der Waals surface area contributed by atoms with E-state index < -0.39 is 0 Å². The van der Waals surface area contributed by atoms with E-state index in [0.29, 0.717) is 0 Å². The Labute approximate surface area is 92.5 Å². The van der Waals surface area contributed by atoms with E-state index in [1.807, 2.05) is 7.05 Å². The maximum absolute atomic E-state index is 3.50. The van der Waals surface area contributed by atoms with E-state index in [9.17, 15) is 0 Å². The second kappa shape index (κ2) is 4.15. The average Bonchev–Trinajstić information content (AvgIpc) is 2.70. The van der Waals surface area contributed by atoms with E-state index in [1.165, 1.54) is 16.8 Å². The lowest BCUT2D eigenvalue weighted by Gasteiger charge is -2.10. The highest BCUT2D eigenvalue weighted by Gasteiger charge is 2.10. The van der Waals surface area contributed by atoms with Crippen LogP contribution in [0.25, 0.3) is 5.57 Å². The predicted octanol–water partition coefficient (Wildman–Crippen LogP) is 2.48. The Morgan fingerprint density at radius 2 is 2.29 bits per heavy atom. The highest BCUT2D eigenvalue weighted by molar-refractivity contribution is 9.10. The molecule has 1 aromatic rings. The summed E-state index contributed by atoms with van der Waals surface area (Å²) in [5, 5.41) is 6.52. The van der Waals surface area contributed by atoms with E-state index in [-0.39, 0.29) is 0 Å². The summed E-state index contributed by atoms with van der Waals surface area (Å²) in [6.45, 7) is 1.94. The molecule has 74 valence electrons. The van der Waals surface area contributed by atoms with Gasteiger partial charge < -0.3 is 10.6 Å². The van der Waals surface area contributed by atoms with Crippen LogP contribution in [0.4, 0.5) is 5.69 Å². The van der Waals surface area contributed by atoms with Gasteiger partial charge in [0.05, 0.1) is 0 Å². The van der Waals surface area contributed by atoms with E-state index >= 15 is 0 Å². The van der Waals surface area contributed by atoms with Crippen molar-refractivity contribution in [2.75, 3.05) is 25.5 Å². The summed E-state index contributed by atoms with van der Waals surface area (Å²) < 4.78 is 1.12. The van der Waals surface area contributed by atoms with Gasteiger partial charge in [-0.15, -0.1) is 0 Å². The largest absolute Gasteiger partial charge is 0.388 e. The molecule has 1 aromatic carbocycles. The Hall–Kier alpha value is -0.800. The van der Waals surface area contributed by atoms with Gasteiger partial charge in [0.15, 0.2) is 0 Å². The minimum atomic E-state index is 0.963. The van der Waals surface area contributed by atoms with Gasteiger partial charge in [0, 0.05) is 35.9 Å². The lowest BCUT2D eigenvalue weighted by atomic mass is 10.0. The summed E-state index contributed by atoms with van der Waals surface area (Å²) in [6.07, 6.45) is 2.24. The number of anilines is 1. The van der Waals surface area contributed by atoms with Gasteiger partial charge in [-0.1, -0.05) is 22.0 Å². The molecular formula is C11H13BrN2. The molecule has 0 aromatic heterocycles. The van der Waals surface area contributed by atoms with Crippen LogP contribution in [0.15, 0.2) is 28.7 Å². The van der Waals surface area contributed by atoms with Crippen LogP contribution in [0.2, 0.25) is 0 Å². The minimum absolute atomic E-state index is 0.963. The first-order valence-electron chi connectivity index (χ1n) is 4.68. The maximum Gasteiger partial charge on any atom is 0.0415 e. The Morgan fingerprint density at radius 3 is 2.93 bits per heavy atom. The third-order valence-corrected chi connectivity index (χ3v) is 2.90. The van der Waals surface area contributed by atoms with Crippen LogP contribution in [0.3, 0.4) is 0 Å². The van der Waals surface area contributed by atoms with Gasteiger partial charge in [0.1, 0.15) is 0 Å². The molecule has 0 radical (unpaired) electrons. The van der Waals surface area contributed by atoms with Crippen LogP contribution >= 0.6 is 15.9 Å². The normalized spacial score (nSPS) is 15.4. The molecular weight excluding hydrogens is 240 g/mol. The van der Waals surface area contributed by atoms with Gasteiger partial charge in [-0.3, -0.25) is 0 Å². The number of rotatable bonds is 2. The summed E-state index contributed by atoms with van der Waals surface area (Å²) in [4.78, 5) is 0. The molecule has 0 saturated heterocycles. The first-order valence-corrected chi connectivity index (χ1v) is 5.48. The van der Waals surface area contributed by atoms with Crippen molar-refractivity contribution in [1.82, 2.24) is 5.32 Å². The molecule has 1 aliphatic rings. The summed E-state index contributed by atoms with van der Waals surface area (Å²) >= 11 is 3.50. The Kier molecular flexibility index (Phi) is 2.89. The summed E-state index contributed by atoms with van der Waals surface area (Å²) in [5.41, 5.74) is 3.84. The quantitative estimate of drug-likeness (QED) is 0.846. The van der Waals surface area contributed by atoms with Crippen LogP contribution in [-0.2, 0) is 0 Å². The molecule has 0 spiro atoms. The average molecular weight is 253 g/mol. The molecule has 0 aliphatic carbocycles. The smallest absolute Gasteiger partial charge is 0.0415 e. The Balaban J connectivity index is 2.43. The van der Waals surface area contributed by atoms with Crippen molar-refractivity contribution in [1.29, 1.82) is 0 Å². The fourth-order valence-electron chi connectivity index (χ4n) is 1.68. The van der Waals surface area contributed by atoms with Crippen molar-refractivity contribution in [2.45, 2.75) is 0 Å². The third kappa shape index (κ3) is 1.83. The molecule has 1 heterocycles. The van der Waals surface area contributed by atoms with Gasteiger partial charge in [0.25, 0.3) is 0 Å². The van der Waals surface area contributed by atoms with Crippen LogP contribution in [0.1, 0.15) is 5.56 Å². The van der Waals surface area contributed by atoms with E-state index in [1.54, 1.807) is 0 Å². The molecule has 0 unspecified atom stereocenters. The van der Waals surface area contributed by atoms with Gasteiger partial charge in [-0.25, -0.2) is 0 Å². The van der Waals surface area contributed by atoms with Crippen LogP contribution in [0.5, 0.6) is 0 Å². The SMILES string of the molecule is CNc1ccc(Br)cc1C1=CCNC1. The minimum Gasteiger partial charge on any atom is -0.388 e. The monoisotopic (exact) mass is 252 g/mol. The number of nitrogens with one attached hydrogen (secondary N) is 2. The topological polar surface area (TPSA) is 24.1 Å². The number of benzene rings is 1. The molecule has 3 heteroatoms. The highest BCUT2D eigenvalue weighted by atomic mass is 79.9. The summed E-state index contributed by atoms with van der Waals surface area (Å²) in [7, 11) is 1.95. The molecule has 0 atom stereocenters. The first-order chi connectivity index (χ1) is 6.81. The second-order valence-corrected chi connectivity index (χ2v) is 4.22. The van der Waals surface area contributed by atoms with Gasteiger partial charge >= 0.3 is 0 Å². The summed E-state index contributed by atoms with van der Waals surface area (Å²) in [6, 6.07) is 6.31. The number of hydrogen-bond acceptors (Lipinski definition) is 2. The van der Waals surface area contributed by atoms with Crippen molar-refractivity contribution in [2.24, 2.45) is 0 Å². The Morgan fingerprint density at radius 1 is 1.43 bits per heavy atom. The lowest BCUT2D eigenvalue weighted by molar-refractivity contribution is 0.897. The molecule has 0 fully saturated rings. The fraction of sp³-hybridized carbons (Fsp3) is 0.273. The molecule has 0 amide bonds. The zero-order chi connectivity index (χ0) is 9.97. The maximum atomic E-state index is 3.50. The molecule has 2 nitrogen and oxygen atoms in total. The third-order valence-electron chi connectivity index (χ3n) is 2.41. The zero-order valence-electron chi connectivity index (χ0n) is 8.10. The number of hydrogen-bond donors (Lipinski definition) is 2. The number of halogens is 1. The fourth-order valence-corrected chi connectivity index (χ4v) is 2.04. The van der Waals surface area contributed by atoms with Gasteiger partial charge in [-0.2, -0.15) is 0 Å². The molecule has 14 heavy (non-hydrogen) atoms. The van der Waals surface area contributed by atoms with Crippen LogP contribution in [0, 0.1) is 0 Å². The van der Waals surface area contributed by atoms with Crippen molar-refractivity contribution in [3.63, 3.8) is 0 Å². The highest BCUT2D eigenvalue weighted by Crippen LogP contribution is 2.28. The lowest BCUT2D eigenvalue weighted by Crippen LogP contribution is -2.08. The molecule has 0 saturated carbocycles. The zero-order valence-corrected chi connectivity index (χ0v) is 9.69. The molecule has 2 rings (SSSR count). The molecule has 2 N–H and O–H groups in total. The van der Waals surface area contributed by atoms with E-state index in [4.69, 9.17) is 0 Å². The van der Waals surface area contributed by atoms with Crippen molar-refractivity contribution >= 4 is 27.2 Å². The van der Waals surface area contributed by atoms with Crippen molar-refractivity contribution < 1.29 is 0 Å². The van der Waals surface area contributed by atoms with Gasteiger partial charge in [-0.05, 0) is 23.8 Å². The Bertz CT molecular complexity index is 372. The van der Waals surface area contributed by atoms with Crippen molar-refractivity contribution in [3.8, 4) is 0 Å². The molecule has 0 bridgehead atoms. The van der Waals surface area contributed by atoms with E-state index in [0.717, 1.165) is 17.6 Å². The summed E-state index contributed by atoms with van der Waals surface area (Å²) in [5.74, 6) is 0. The first kappa shape index (κ1) is 9.74. The predicted molar refractivity (Wildman–Crippen MR) is 64.5 cm³/mol. The van der Waals surface area contributed by atoms with Crippen LogP contribution < -0.4 is 10.6 Å².